The van der Waals surface area contributed by atoms with Crippen molar-refractivity contribution in [1.82, 2.24) is 0 Å². The molecule has 1 fully saturated rings. The maximum Gasteiger partial charge on any atom is 0.317 e. The van der Waals surface area contributed by atoms with Crippen LogP contribution in [-0.4, -0.2) is 18.4 Å². The summed E-state index contributed by atoms with van der Waals surface area (Å²) in [5.41, 5.74) is 0.899. The van der Waals surface area contributed by atoms with Crippen LogP contribution in [0.1, 0.15) is 31.9 Å². The number of rotatable bonds is 4. The summed E-state index contributed by atoms with van der Waals surface area (Å²) in [7, 11) is 0. The third-order valence-corrected chi connectivity index (χ3v) is 3.05. The third kappa shape index (κ3) is 2.53. The van der Waals surface area contributed by atoms with Gasteiger partial charge in [0.25, 0.3) is 0 Å². The predicted molar refractivity (Wildman–Crippen MR) is 65.2 cm³/mol. The van der Waals surface area contributed by atoms with Crippen molar-refractivity contribution in [2.45, 2.75) is 26.4 Å². The number of carbonyl (C=O) groups is 2. The average molecular weight is 248 g/mol. The molecule has 0 N–H and O–H groups in total. The molecule has 2 unspecified atom stereocenters. The molecule has 0 aliphatic carbocycles. The van der Waals surface area contributed by atoms with Crippen LogP contribution in [0.15, 0.2) is 24.3 Å². The van der Waals surface area contributed by atoms with Crippen LogP contribution in [0.2, 0.25) is 0 Å². The molecular weight excluding hydrogens is 232 g/mol. The number of Topliss-reactive ketones (excluding diaryl/α,β-unsaturated/α-hetero) is 1. The Balaban J connectivity index is 2.09. The van der Waals surface area contributed by atoms with Crippen LogP contribution in [0.5, 0.6) is 5.75 Å². The van der Waals surface area contributed by atoms with E-state index in [1.165, 1.54) is 6.92 Å². The second-order valence-corrected chi connectivity index (χ2v) is 4.33. The zero-order valence-electron chi connectivity index (χ0n) is 10.5. The Bertz CT molecular complexity index is 449. The van der Waals surface area contributed by atoms with Crippen LogP contribution in [0.4, 0.5) is 0 Å². The first-order valence-corrected chi connectivity index (χ1v) is 6.05. The van der Waals surface area contributed by atoms with Crippen molar-refractivity contribution in [2.24, 2.45) is 5.92 Å². The maximum atomic E-state index is 11.5. The first kappa shape index (κ1) is 12.6. The molecule has 0 radical (unpaired) electrons. The largest absolute Gasteiger partial charge is 0.494 e. The first-order chi connectivity index (χ1) is 8.61. The molecule has 1 saturated heterocycles. The lowest BCUT2D eigenvalue weighted by Crippen LogP contribution is -2.15. The fraction of sp³-hybridized carbons (Fsp3) is 0.429. The molecule has 1 aliphatic heterocycles. The van der Waals surface area contributed by atoms with Crippen molar-refractivity contribution < 1.29 is 19.1 Å². The number of carbonyl (C=O) groups excluding carboxylic acids is 2. The Morgan fingerprint density at radius 2 is 2.06 bits per heavy atom. The Kier molecular flexibility index (Phi) is 3.65. The van der Waals surface area contributed by atoms with Crippen LogP contribution in [-0.2, 0) is 14.3 Å². The van der Waals surface area contributed by atoms with Gasteiger partial charge in [0.1, 0.15) is 23.6 Å². The summed E-state index contributed by atoms with van der Waals surface area (Å²) in [5.74, 6) is -0.370. The van der Waals surface area contributed by atoms with Crippen molar-refractivity contribution in [1.29, 1.82) is 0 Å². The summed E-state index contributed by atoms with van der Waals surface area (Å²) >= 11 is 0. The number of ketones is 1. The summed E-state index contributed by atoms with van der Waals surface area (Å²) in [6, 6.07) is 7.42. The minimum absolute atomic E-state index is 0.131. The minimum Gasteiger partial charge on any atom is -0.494 e. The van der Waals surface area contributed by atoms with E-state index in [4.69, 9.17) is 9.47 Å². The third-order valence-electron chi connectivity index (χ3n) is 3.05. The molecule has 1 aromatic rings. The van der Waals surface area contributed by atoms with Gasteiger partial charge in [0.15, 0.2) is 0 Å². The summed E-state index contributed by atoms with van der Waals surface area (Å²) in [5, 5.41) is 0. The highest BCUT2D eigenvalue weighted by molar-refractivity contribution is 5.98. The monoisotopic (exact) mass is 248 g/mol. The van der Waals surface area contributed by atoms with Gasteiger partial charge in [-0.05, 0) is 31.5 Å². The molecule has 1 aromatic carbocycles. The number of benzene rings is 1. The molecule has 2 atom stereocenters. The lowest BCUT2D eigenvalue weighted by molar-refractivity contribution is -0.146. The Labute approximate surface area is 106 Å². The molecule has 96 valence electrons. The number of hydrogen-bond donors (Lipinski definition) is 0. The smallest absolute Gasteiger partial charge is 0.317 e. The van der Waals surface area contributed by atoms with Gasteiger partial charge in [0, 0.05) is 6.42 Å². The summed E-state index contributed by atoms with van der Waals surface area (Å²) in [4.78, 5) is 22.8. The van der Waals surface area contributed by atoms with Gasteiger partial charge in [-0.15, -0.1) is 0 Å². The standard InChI is InChI=1S/C14H16O4/c1-3-17-11-6-4-10(5-7-11)13-8-12(9(2)15)14(16)18-13/h4-7,12-13H,3,8H2,1-2H3. The van der Waals surface area contributed by atoms with Gasteiger partial charge in [-0.25, -0.2) is 0 Å². The molecule has 0 spiro atoms. The van der Waals surface area contributed by atoms with Gasteiger partial charge < -0.3 is 9.47 Å². The Hall–Kier alpha value is -1.84. The van der Waals surface area contributed by atoms with Crippen LogP contribution >= 0.6 is 0 Å². The number of ether oxygens (including phenoxy) is 2. The molecule has 0 saturated carbocycles. The van der Waals surface area contributed by atoms with Gasteiger partial charge in [-0.3, -0.25) is 9.59 Å². The van der Waals surface area contributed by atoms with Gasteiger partial charge in [0.05, 0.1) is 6.61 Å². The number of esters is 1. The van der Waals surface area contributed by atoms with E-state index in [1.54, 1.807) is 0 Å². The molecule has 2 rings (SSSR count). The van der Waals surface area contributed by atoms with Crippen molar-refractivity contribution in [3.63, 3.8) is 0 Å². The number of cyclic esters (lactones) is 1. The second kappa shape index (κ2) is 5.21. The summed E-state index contributed by atoms with van der Waals surface area (Å²) in [6.45, 7) is 3.96. The van der Waals surface area contributed by atoms with Crippen molar-refractivity contribution >= 4 is 11.8 Å². The highest BCUT2D eigenvalue weighted by Gasteiger charge is 2.38. The van der Waals surface area contributed by atoms with Gasteiger partial charge in [-0.2, -0.15) is 0 Å². The number of hydrogen-bond acceptors (Lipinski definition) is 4. The topological polar surface area (TPSA) is 52.6 Å². The zero-order valence-corrected chi connectivity index (χ0v) is 10.5. The molecule has 0 bridgehead atoms. The molecule has 18 heavy (non-hydrogen) atoms. The van der Waals surface area contributed by atoms with Crippen LogP contribution in [0.3, 0.4) is 0 Å². The van der Waals surface area contributed by atoms with E-state index in [9.17, 15) is 9.59 Å². The van der Waals surface area contributed by atoms with E-state index in [0.29, 0.717) is 13.0 Å². The van der Waals surface area contributed by atoms with E-state index in [1.807, 2.05) is 31.2 Å². The fourth-order valence-electron chi connectivity index (χ4n) is 2.06. The fourth-order valence-corrected chi connectivity index (χ4v) is 2.06. The molecule has 1 aliphatic rings. The van der Waals surface area contributed by atoms with Gasteiger partial charge in [-0.1, -0.05) is 12.1 Å². The van der Waals surface area contributed by atoms with Crippen LogP contribution < -0.4 is 4.74 Å². The van der Waals surface area contributed by atoms with E-state index in [0.717, 1.165) is 11.3 Å². The van der Waals surface area contributed by atoms with E-state index in [2.05, 4.69) is 0 Å². The average Bonchev–Trinajstić information content (AvgIpc) is 2.73. The normalized spacial score (nSPS) is 22.7. The predicted octanol–water partition coefficient (Wildman–Crippen LogP) is 2.28. The molecule has 1 heterocycles. The van der Waals surface area contributed by atoms with Crippen molar-refractivity contribution in [3.05, 3.63) is 29.8 Å². The SMILES string of the molecule is CCOc1ccc(C2CC(C(C)=O)C(=O)O2)cc1. The highest BCUT2D eigenvalue weighted by atomic mass is 16.6. The lowest BCUT2D eigenvalue weighted by atomic mass is 9.97. The highest BCUT2D eigenvalue weighted by Crippen LogP contribution is 2.34. The quantitative estimate of drug-likeness (QED) is 0.606. The molecule has 4 heteroatoms. The molecule has 0 amide bonds. The zero-order chi connectivity index (χ0) is 13.1. The Morgan fingerprint density at radius 3 is 2.56 bits per heavy atom. The van der Waals surface area contributed by atoms with Crippen molar-refractivity contribution in [2.75, 3.05) is 6.61 Å². The van der Waals surface area contributed by atoms with Crippen LogP contribution in [0.25, 0.3) is 0 Å². The van der Waals surface area contributed by atoms with Crippen molar-refractivity contribution in [3.8, 4) is 5.75 Å². The van der Waals surface area contributed by atoms with Gasteiger partial charge >= 0.3 is 5.97 Å². The molecule has 0 aromatic heterocycles. The van der Waals surface area contributed by atoms with E-state index in [-0.39, 0.29) is 11.9 Å². The summed E-state index contributed by atoms with van der Waals surface area (Å²) in [6.07, 6.45) is 0.115. The Morgan fingerprint density at radius 1 is 1.39 bits per heavy atom. The van der Waals surface area contributed by atoms with E-state index < -0.39 is 11.9 Å². The van der Waals surface area contributed by atoms with E-state index >= 15 is 0 Å². The molecule has 4 nitrogen and oxygen atoms in total. The second-order valence-electron chi connectivity index (χ2n) is 4.33. The minimum atomic E-state index is -0.610. The van der Waals surface area contributed by atoms with Gasteiger partial charge in [0.2, 0.25) is 0 Å². The molecular formula is C14H16O4. The summed E-state index contributed by atoms with van der Waals surface area (Å²) < 4.78 is 10.6. The maximum absolute atomic E-state index is 11.5. The van der Waals surface area contributed by atoms with Crippen LogP contribution in [0, 0.1) is 5.92 Å². The lowest BCUT2D eigenvalue weighted by Gasteiger charge is -2.10. The first-order valence-electron chi connectivity index (χ1n) is 6.05.